The lowest BCUT2D eigenvalue weighted by Gasteiger charge is -2.16. The second kappa shape index (κ2) is 2.78. The molecule has 0 atom stereocenters. The molecule has 11 heavy (non-hydrogen) atoms. The highest BCUT2D eigenvalue weighted by molar-refractivity contribution is 6.88. The Morgan fingerprint density at radius 3 is 2.27 bits per heavy atom. The highest BCUT2D eigenvalue weighted by Gasteiger charge is 2.15. The van der Waals surface area contributed by atoms with Crippen LogP contribution in [-0.4, -0.2) is 13.1 Å². The summed E-state index contributed by atoms with van der Waals surface area (Å²) < 4.78 is 0. The van der Waals surface area contributed by atoms with E-state index in [1.165, 1.54) is 5.19 Å². The molecule has 0 radical (unpaired) electrons. The normalized spacial score (nSPS) is 11.6. The van der Waals surface area contributed by atoms with Crippen LogP contribution in [0.15, 0.2) is 18.3 Å². The molecule has 1 rings (SSSR count). The van der Waals surface area contributed by atoms with Crippen molar-refractivity contribution in [1.82, 2.24) is 4.98 Å². The topological polar surface area (TPSA) is 12.9 Å². The van der Waals surface area contributed by atoms with Crippen molar-refractivity contribution in [2.45, 2.75) is 26.6 Å². The third-order valence-corrected chi connectivity index (χ3v) is 3.81. The lowest BCUT2D eigenvalue weighted by atomic mass is 10.4. The summed E-state index contributed by atoms with van der Waals surface area (Å²) in [6.45, 7) is 9.09. The average Bonchev–Trinajstić information content (AvgIpc) is 1.86. The minimum atomic E-state index is -1.10. The van der Waals surface area contributed by atoms with Gasteiger partial charge in [-0.15, -0.1) is 0 Å². The smallest absolute Gasteiger partial charge is 0.0777 e. The molecule has 0 aromatic carbocycles. The first-order chi connectivity index (χ1) is 5.00. The predicted octanol–water partition coefficient (Wildman–Crippen LogP) is 1.94. The Labute approximate surface area is 69.5 Å². The van der Waals surface area contributed by atoms with E-state index in [0.29, 0.717) is 0 Å². The summed E-state index contributed by atoms with van der Waals surface area (Å²) in [6.07, 6.45) is 1.91. The van der Waals surface area contributed by atoms with E-state index in [9.17, 15) is 0 Å². The fraction of sp³-hybridized carbons (Fsp3) is 0.444. The largest absolute Gasteiger partial charge is 0.262 e. The fourth-order valence-corrected chi connectivity index (χ4v) is 2.23. The summed E-state index contributed by atoms with van der Waals surface area (Å²) in [6, 6.07) is 4.34. The molecule has 2 heteroatoms. The maximum Gasteiger partial charge on any atom is 0.0777 e. The first kappa shape index (κ1) is 8.46. The maximum absolute atomic E-state index is 4.18. The van der Waals surface area contributed by atoms with Crippen molar-refractivity contribution < 1.29 is 0 Å². The number of nitrogens with zero attached hydrogens (tertiary/aromatic N) is 1. The zero-order valence-corrected chi connectivity index (χ0v) is 8.68. The van der Waals surface area contributed by atoms with Crippen LogP contribution in [0, 0.1) is 6.92 Å². The van der Waals surface area contributed by atoms with Crippen LogP contribution in [0.3, 0.4) is 0 Å². The molecule has 0 aliphatic rings. The zero-order chi connectivity index (χ0) is 8.48. The van der Waals surface area contributed by atoms with Gasteiger partial charge in [0, 0.05) is 11.9 Å². The monoisotopic (exact) mass is 165 g/mol. The number of aryl methyl sites for hydroxylation is 1. The van der Waals surface area contributed by atoms with Crippen molar-refractivity contribution >= 4 is 13.3 Å². The van der Waals surface area contributed by atoms with Gasteiger partial charge >= 0.3 is 0 Å². The Bertz CT molecular complexity index is 250. The van der Waals surface area contributed by atoms with E-state index in [0.717, 1.165) is 5.69 Å². The third-order valence-electron chi connectivity index (χ3n) is 1.76. The number of pyridine rings is 1. The number of aromatic nitrogens is 1. The Balaban J connectivity index is 3.06. The molecule has 0 aliphatic heterocycles. The summed E-state index contributed by atoms with van der Waals surface area (Å²) in [7, 11) is -1.10. The highest BCUT2D eigenvalue weighted by Crippen LogP contribution is 2.01. The average molecular weight is 165 g/mol. The lowest BCUT2D eigenvalue weighted by Crippen LogP contribution is -2.37. The number of hydrogen-bond acceptors (Lipinski definition) is 1. The van der Waals surface area contributed by atoms with Crippen LogP contribution in [0.1, 0.15) is 5.69 Å². The summed E-state index contributed by atoms with van der Waals surface area (Å²) >= 11 is 0. The van der Waals surface area contributed by atoms with Crippen LogP contribution < -0.4 is 5.19 Å². The molecule has 1 aromatic rings. The van der Waals surface area contributed by atoms with Crippen LogP contribution >= 0.6 is 0 Å². The molecule has 0 N–H and O–H groups in total. The second-order valence-electron chi connectivity index (χ2n) is 3.94. The van der Waals surface area contributed by atoms with Crippen molar-refractivity contribution in [3.05, 3.63) is 24.0 Å². The maximum atomic E-state index is 4.18. The Hall–Kier alpha value is -0.633. The third kappa shape index (κ3) is 2.15. The molecule has 60 valence electrons. The SMILES string of the molecule is Cc1cc([Si](C)(C)C)ccn1. The van der Waals surface area contributed by atoms with Crippen LogP contribution in [0.2, 0.25) is 19.6 Å². The van der Waals surface area contributed by atoms with Crippen molar-refractivity contribution in [2.75, 3.05) is 0 Å². The minimum absolute atomic E-state index is 1.10. The number of hydrogen-bond donors (Lipinski definition) is 0. The number of rotatable bonds is 1. The van der Waals surface area contributed by atoms with Gasteiger partial charge in [-0.1, -0.05) is 24.8 Å². The quantitative estimate of drug-likeness (QED) is 0.579. The van der Waals surface area contributed by atoms with Gasteiger partial charge in [0.2, 0.25) is 0 Å². The van der Waals surface area contributed by atoms with E-state index in [1.807, 2.05) is 13.1 Å². The summed E-state index contributed by atoms with van der Waals surface area (Å²) in [5.74, 6) is 0. The summed E-state index contributed by atoms with van der Waals surface area (Å²) in [5.41, 5.74) is 1.13. The molecule has 1 heterocycles. The van der Waals surface area contributed by atoms with Crippen LogP contribution in [0.25, 0.3) is 0 Å². The Morgan fingerprint density at radius 1 is 1.27 bits per heavy atom. The molecule has 1 nitrogen and oxygen atoms in total. The van der Waals surface area contributed by atoms with Crippen LogP contribution in [0.4, 0.5) is 0 Å². The first-order valence-corrected chi connectivity index (χ1v) is 7.43. The van der Waals surface area contributed by atoms with E-state index in [1.54, 1.807) is 0 Å². The summed E-state index contributed by atoms with van der Waals surface area (Å²) in [5, 5.41) is 1.49. The molecule has 0 fully saturated rings. The van der Waals surface area contributed by atoms with E-state index in [2.05, 4.69) is 36.8 Å². The van der Waals surface area contributed by atoms with Crippen molar-refractivity contribution in [1.29, 1.82) is 0 Å². The molecule has 0 unspecified atom stereocenters. The molecule has 0 bridgehead atoms. The van der Waals surface area contributed by atoms with Gasteiger partial charge in [-0.3, -0.25) is 4.98 Å². The zero-order valence-electron chi connectivity index (χ0n) is 7.68. The van der Waals surface area contributed by atoms with E-state index < -0.39 is 8.07 Å². The Kier molecular flexibility index (Phi) is 2.14. The fourth-order valence-electron chi connectivity index (χ4n) is 1.01. The predicted molar refractivity (Wildman–Crippen MR) is 52.0 cm³/mol. The molecule has 0 saturated heterocycles. The summed E-state index contributed by atoms with van der Waals surface area (Å²) in [4.78, 5) is 4.18. The van der Waals surface area contributed by atoms with Gasteiger partial charge < -0.3 is 0 Å². The highest BCUT2D eigenvalue weighted by atomic mass is 28.3. The standard InChI is InChI=1S/C9H15NSi/c1-8-7-9(5-6-10-8)11(2,3)4/h5-7H,1-4H3. The van der Waals surface area contributed by atoms with E-state index in [-0.39, 0.29) is 0 Å². The van der Waals surface area contributed by atoms with Crippen molar-refractivity contribution in [3.8, 4) is 0 Å². The van der Waals surface area contributed by atoms with Gasteiger partial charge in [-0.25, -0.2) is 0 Å². The van der Waals surface area contributed by atoms with Gasteiger partial charge in [0.15, 0.2) is 0 Å². The van der Waals surface area contributed by atoms with Gasteiger partial charge in [0.05, 0.1) is 8.07 Å². The molecule has 0 spiro atoms. The van der Waals surface area contributed by atoms with E-state index in [4.69, 9.17) is 0 Å². The van der Waals surface area contributed by atoms with Gasteiger partial charge in [0.1, 0.15) is 0 Å². The van der Waals surface area contributed by atoms with Crippen molar-refractivity contribution in [3.63, 3.8) is 0 Å². The molecular formula is C9H15NSi. The van der Waals surface area contributed by atoms with Crippen LogP contribution in [-0.2, 0) is 0 Å². The minimum Gasteiger partial charge on any atom is -0.262 e. The Morgan fingerprint density at radius 2 is 1.91 bits per heavy atom. The lowest BCUT2D eigenvalue weighted by molar-refractivity contribution is 1.21. The van der Waals surface area contributed by atoms with Crippen LogP contribution in [0.5, 0.6) is 0 Å². The van der Waals surface area contributed by atoms with Gasteiger partial charge in [-0.2, -0.15) is 0 Å². The molecule has 0 amide bonds. The molecule has 0 saturated carbocycles. The first-order valence-electron chi connectivity index (χ1n) is 3.93. The van der Waals surface area contributed by atoms with E-state index >= 15 is 0 Å². The molecular weight excluding hydrogens is 150 g/mol. The van der Waals surface area contributed by atoms with Gasteiger partial charge in [-0.05, 0) is 19.1 Å². The van der Waals surface area contributed by atoms with Gasteiger partial charge in [0.25, 0.3) is 0 Å². The second-order valence-corrected chi connectivity index (χ2v) is 9.01. The molecule has 1 aromatic heterocycles. The van der Waals surface area contributed by atoms with Crippen molar-refractivity contribution in [2.24, 2.45) is 0 Å². The molecule has 0 aliphatic carbocycles.